The standard InChI is InChI=1S/C16H19FN4O.ClH/c1-11-13(17)5-2-6-14(11)19-16(22)15-7-9-21(20-15)12-4-3-8-18-10-12;/h2,5-7,9,12,18H,3-4,8,10H2,1H3,(H,19,22);1H. The predicted octanol–water partition coefficient (Wildman–Crippen LogP) is 2.93. The Morgan fingerprint density at radius 2 is 2.26 bits per heavy atom. The van der Waals surface area contributed by atoms with E-state index in [4.69, 9.17) is 0 Å². The first kappa shape index (κ1) is 17.4. The quantitative estimate of drug-likeness (QED) is 0.904. The van der Waals surface area contributed by atoms with Crippen LogP contribution in [0.15, 0.2) is 30.5 Å². The van der Waals surface area contributed by atoms with E-state index in [0.29, 0.717) is 16.9 Å². The molecule has 5 nitrogen and oxygen atoms in total. The number of aromatic nitrogens is 2. The SMILES string of the molecule is Cc1c(F)cccc1NC(=O)c1ccn(C2CCCNC2)n1.Cl. The summed E-state index contributed by atoms with van der Waals surface area (Å²) < 4.78 is 15.3. The highest BCUT2D eigenvalue weighted by atomic mass is 35.5. The monoisotopic (exact) mass is 338 g/mol. The molecule has 0 spiro atoms. The maximum absolute atomic E-state index is 13.5. The van der Waals surface area contributed by atoms with Gasteiger partial charge in [0.15, 0.2) is 5.69 Å². The van der Waals surface area contributed by atoms with Gasteiger partial charge in [0.05, 0.1) is 6.04 Å². The summed E-state index contributed by atoms with van der Waals surface area (Å²) in [5.41, 5.74) is 1.24. The van der Waals surface area contributed by atoms with Crippen LogP contribution in [-0.4, -0.2) is 28.8 Å². The summed E-state index contributed by atoms with van der Waals surface area (Å²) in [5, 5.41) is 10.4. The molecule has 0 radical (unpaired) electrons. The predicted molar refractivity (Wildman–Crippen MR) is 89.7 cm³/mol. The number of nitrogens with zero attached hydrogens (tertiary/aromatic N) is 2. The molecule has 0 saturated carbocycles. The molecule has 1 atom stereocenters. The second-order valence-electron chi connectivity index (χ2n) is 5.55. The molecule has 2 heterocycles. The highest BCUT2D eigenvalue weighted by Gasteiger charge is 2.18. The molecule has 1 unspecified atom stereocenters. The van der Waals surface area contributed by atoms with Gasteiger partial charge in [-0.25, -0.2) is 4.39 Å². The van der Waals surface area contributed by atoms with Crippen molar-refractivity contribution < 1.29 is 9.18 Å². The topological polar surface area (TPSA) is 59.0 Å². The number of anilines is 1. The van der Waals surface area contributed by atoms with Crippen molar-refractivity contribution in [3.8, 4) is 0 Å². The molecule has 3 rings (SSSR count). The smallest absolute Gasteiger partial charge is 0.276 e. The molecule has 1 amide bonds. The molecule has 0 aliphatic carbocycles. The molecule has 1 aromatic heterocycles. The second kappa shape index (κ2) is 7.57. The van der Waals surface area contributed by atoms with Crippen LogP contribution in [0.5, 0.6) is 0 Å². The number of amides is 1. The molecule has 1 aliphatic rings. The molecule has 23 heavy (non-hydrogen) atoms. The van der Waals surface area contributed by atoms with E-state index in [1.54, 1.807) is 25.1 Å². The molecular formula is C16H20ClFN4O. The second-order valence-corrected chi connectivity index (χ2v) is 5.55. The van der Waals surface area contributed by atoms with E-state index in [9.17, 15) is 9.18 Å². The molecular weight excluding hydrogens is 319 g/mol. The van der Waals surface area contributed by atoms with Crippen LogP contribution in [-0.2, 0) is 0 Å². The van der Waals surface area contributed by atoms with Crippen LogP contribution >= 0.6 is 12.4 Å². The zero-order valence-corrected chi connectivity index (χ0v) is 13.7. The first-order chi connectivity index (χ1) is 10.6. The van der Waals surface area contributed by atoms with Crippen molar-refractivity contribution in [3.05, 3.63) is 47.5 Å². The van der Waals surface area contributed by atoms with Gasteiger partial charge in [0.2, 0.25) is 0 Å². The summed E-state index contributed by atoms with van der Waals surface area (Å²) in [7, 11) is 0. The Morgan fingerprint density at radius 3 is 3.00 bits per heavy atom. The molecule has 1 aliphatic heterocycles. The maximum atomic E-state index is 13.5. The zero-order chi connectivity index (χ0) is 15.5. The lowest BCUT2D eigenvalue weighted by molar-refractivity contribution is 0.102. The number of carbonyl (C=O) groups is 1. The number of nitrogens with one attached hydrogen (secondary N) is 2. The Bertz CT molecular complexity index is 682. The average Bonchev–Trinajstić information content (AvgIpc) is 3.03. The highest BCUT2D eigenvalue weighted by molar-refractivity contribution is 6.03. The molecule has 1 fully saturated rings. The minimum atomic E-state index is -0.336. The zero-order valence-electron chi connectivity index (χ0n) is 12.9. The summed E-state index contributed by atoms with van der Waals surface area (Å²) in [4.78, 5) is 12.2. The Hall–Kier alpha value is -1.92. The van der Waals surface area contributed by atoms with Crippen molar-refractivity contribution in [2.24, 2.45) is 0 Å². The van der Waals surface area contributed by atoms with Gasteiger partial charge in [0, 0.05) is 24.0 Å². The molecule has 2 N–H and O–H groups in total. The number of piperidine rings is 1. The van der Waals surface area contributed by atoms with Crippen molar-refractivity contribution in [3.63, 3.8) is 0 Å². The van der Waals surface area contributed by atoms with E-state index in [2.05, 4.69) is 15.7 Å². The van der Waals surface area contributed by atoms with Crippen LogP contribution in [0.1, 0.15) is 34.9 Å². The minimum absolute atomic E-state index is 0. The third-order valence-corrected chi connectivity index (χ3v) is 4.00. The Balaban J connectivity index is 0.00000192. The Kier molecular flexibility index (Phi) is 5.74. The van der Waals surface area contributed by atoms with E-state index in [0.717, 1.165) is 25.9 Å². The maximum Gasteiger partial charge on any atom is 0.276 e. The number of halogens is 2. The van der Waals surface area contributed by atoms with Crippen molar-refractivity contribution in [1.29, 1.82) is 0 Å². The molecule has 0 bridgehead atoms. The van der Waals surface area contributed by atoms with Crippen molar-refractivity contribution in [2.45, 2.75) is 25.8 Å². The number of hydrogen-bond acceptors (Lipinski definition) is 3. The third kappa shape index (κ3) is 3.89. The van der Waals surface area contributed by atoms with E-state index < -0.39 is 0 Å². The van der Waals surface area contributed by atoms with Crippen molar-refractivity contribution >= 4 is 24.0 Å². The van der Waals surface area contributed by atoms with Gasteiger partial charge < -0.3 is 10.6 Å². The summed E-state index contributed by atoms with van der Waals surface area (Å²) in [6.45, 7) is 3.53. The molecule has 1 saturated heterocycles. The lowest BCUT2D eigenvalue weighted by atomic mass is 10.1. The van der Waals surface area contributed by atoms with Gasteiger partial charge in [-0.2, -0.15) is 5.10 Å². The summed E-state index contributed by atoms with van der Waals surface area (Å²) >= 11 is 0. The minimum Gasteiger partial charge on any atom is -0.320 e. The normalized spacial score (nSPS) is 17.4. The first-order valence-electron chi connectivity index (χ1n) is 7.47. The van der Waals surface area contributed by atoms with Gasteiger partial charge >= 0.3 is 0 Å². The van der Waals surface area contributed by atoms with Gasteiger partial charge in [-0.15, -0.1) is 12.4 Å². The lowest BCUT2D eigenvalue weighted by Crippen LogP contribution is -2.32. The largest absolute Gasteiger partial charge is 0.320 e. The van der Waals surface area contributed by atoms with Gasteiger partial charge in [0.25, 0.3) is 5.91 Å². The van der Waals surface area contributed by atoms with E-state index >= 15 is 0 Å². The molecule has 124 valence electrons. The number of carbonyl (C=O) groups excluding carboxylic acids is 1. The number of rotatable bonds is 3. The van der Waals surface area contributed by atoms with Gasteiger partial charge in [0.1, 0.15) is 5.82 Å². The summed E-state index contributed by atoms with van der Waals surface area (Å²) in [5.74, 6) is -0.659. The van der Waals surface area contributed by atoms with Gasteiger partial charge in [-0.3, -0.25) is 9.48 Å². The van der Waals surface area contributed by atoms with Crippen LogP contribution in [0.4, 0.5) is 10.1 Å². The van der Waals surface area contributed by atoms with Crippen LogP contribution in [0, 0.1) is 12.7 Å². The van der Waals surface area contributed by atoms with Crippen LogP contribution in [0.2, 0.25) is 0 Å². The van der Waals surface area contributed by atoms with Crippen LogP contribution in [0.25, 0.3) is 0 Å². The van der Waals surface area contributed by atoms with E-state index in [1.807, 2.05) is 10.9 Å². The van der Waals surface area contributed by atoms with Gasteiger partial charge in [-0.1, -0.05) is 6.07 Å². The highest BCUT2D eigenvalue weighted by Crippen LogP contribution is 2.19. The fourth-order valence-corrected chi connectivity index (χ4v) is 2.65. The average molecular weight is 339 g/mol. The first-order valence-corrected chi connectivity index (χ1v) is 7.47. The van der Waals surface area contributed by atoms with Crippen molar-refractivity contribution in [2.75, 3.05) is 18.4 Å². The molecule has 2 aromatic rings. The molecule has 1 aromatic carbocycles. The number of benzene rings is 1. The van der Waals surface area contributed by atoms with Crippen LogP contribution in [0.3, 0.4) is 0 Å². The van der Waals surface area contributed by atoms with E-state index in [1.165, 1.54) is 6.07 Å². The van der Waals surface area contributed by atoms with Gasteiger partial charge in [-0.05, 0) is 44.5 Å². The van der Waals surface area contributed by atoms with E-state index in [-0.39, 0.29) is 30.2 Å². The lowest BCUT2D eigenvalue weighted by Gasteiger charge is -2.22. The van der Waals surface area contributed by atoms with Crippen molar-refractivity contribution in [1.82, 2.24) is 15.1 Å². The number of hydrogen-bond donors (Lipinski definition) is 2. The Labute approximate surface area is 140 Å². The summed E-state index contributed by atoms with van der Waals surface area (Å²) in [6, 6.07) is 6.60. The van der Waals surface area contributed by atoms with Crippen LogP contribution < -0.4 is 10.6 Å². The molecule has 7 heteroatoms. The fourth-order valence-electron chi connectivity index (χ4n) is 2.65. The summed E-state index contributed by atoms with van der Waals surface area (Å²) in [6.07, 6.45) is 3.98. The fraction of sp³-hybridized carbons (Fsp3) is 0.375. The third-order valence-electron chi connectivity index (χ3n) is 4.00. The Morgan fingerprint density at radius 1 is 1.43 bits per heavy atom.